The number of hydrogen-bond donors (Lipinski definition) is 2. The predicted molar refractivity (Wildman–Crippen MR) is 80.8 cm³/mol. The Morgan fingerprint density at radius 2 is 2.25 bits per heavy atom. The average Bonchev–Trinajstić information content (AvgIpc) is 3.16. The van der Waals surface area contributed by atoms with Crippen LogP contribution in [0.15, 0.2) is 15.5 Å². The number of aromatic nitrogens is 2. The van der Waals surface area contributed by atoms with Crippen LogP contribution in [0.2, 0.25) is 0 Å². The first-order valence-electron chi connectivity index (χ1n) is 7.24. The molecule has 0 radical (unpaired) electrons. The maximum atomic E-state index is 12.4. The molecule has 2 aliphatic rings. The van der Waals surface area contributed by atoms with Gasteiger partial charge in [-0.15, -0.1) is 0 Å². The van der Waals surface area contributed by atoms with E-state index < -0.39 is 0 Å². The van der Waals surface area contributed by atoms with Crippen molar-refractivity contribution < 1.29 is 5.11 Å². The summed E-state index contributed by atoms with van der Waals surface area (Å²) in [6.07, 6.45) is 7.38. The summed E-state index contributed by atoms with van der Waals surface area (Å²) in [5, 5.41) is 16.8. The molecule has 0 bridgehead atoms. The first-order valence-corrected chi connectivity index (χ1v) is 8.03. The summed E-state index contributed by atoms with van der Waals surface area (Å²) in [6, 6.07) is 0. The Morgan fingerprint density at radius 1 is 1.50 bits per heavy atom. The van der Waals surface area contributed by atoms with Gasteiger partial charge in [-0.3, -0.25) is 4.79 Å². The molecule has 0 amide bonds. The van der Waals surface area contributed by atoms with Gasteiger partial charge in [0.15, 0.2) is 0 Å². The fraction of sp³-hybridized carbons (Fsp3) is 0.714. The molecule has 2 N–H and O–H groups in total. The molecule has 20 heavy (non-hydrogen) atoms. The summed E-state index contributed by atoms with van der Waals surface area (Å²) in [4.78, 5) is 12.4. The second-order valence-electron chi connectivity index (χ2n) is 6.16. The summed E-state index contributed by atoms with van der Waals surface area (Å²) in [5.41, 5.74) is 0.479. The van der Waals surface area contributed by atoms with Crippen LogP contribution in [0.25, 0.3) is 0 Å². The highest BCUT2D eigenvalue weighted by atomic mass is 79.9. The lowest BCUT2D eigenvalue weighted by molar-refractivity contribution is 0.219. The SMILES string of the molecule is O=c1c(NCC2(CO)CC2)c(Br)cnn1CC1CCC1. The zero-order chi connectivity index (χ0) is 14.2. The summed E-state index contributed by atoms with van der Waals surface area (Å²) < 4.78 is 2.26. The Hall–Kier alpha value is -0.880. The van der Waals surface area contributed by atoms with Crippen LogP contribution in [0.1, 0.15) is 32.1 Å². The smallest absolute Gasteiger partial charge is 0.291 e. The first-order chi connectivity index (χ1) is 9.63. The van der Waals surface area contributed by atoms with Crippen molar-refractivity contribution >= 4 is 21.6 Å². The van der Waals surface area contributed by atoms with Crippen LogP contribution in [0.3, 0.4) is 0 Å². The zero-order valence-electron chi connectivity index (χ0n) is 11.4. The van der Waals surface area contributed by atoms with Gasteiger partial charge in [-0.2, -0.15) is 5.10 Å². The Balaban J connectivity index is 1.74. The molecule has 0 aromatic carbocycles. The van der Waals surface area contributed by atoms with Gasteiger partial charge in [0, 0.05) is 18.5 Å². The molecular formula is C14H20BrN3O2. The minimum atomic E-state index is -0.0694. The molecule has 1 heterocycles. The van der Waals surface area contributed by atoms with Crippen LogP contribution >= 0.6 is 15.9 Å². The van der Waals surface area contributed by atoms with Gasteiger partial charge in [-0.25, -0.2) is 4.68 Å². The van der Waals surface area contributed by atoms with Crippen LogP contribution < -0.4 is 10.9 Å². The van der Waals surface area contributed by atoms with E-state index in [-0.39, 0.29) is 17.6 Å². The second-order valence-corrected chi connectivity index (χ2v) is 7.02. The molecule has 1 aromatic rings. The minimum Gasteiger partial charge on any atom is -0.396 e. The molecule has 6 heteroatoms. The maximum Gasteiger partial charge on any atom is 0.291 e. The molecule has 0 saturated heterocycles. The Bertz CT molecular complexity index is 550. The van der Waals surface area contributed by atoms with Crippen molar-refractivity contribution in [1.82, 2.24) is 9.78 Å². The van der Waals surface area contributed by atoms with Crippen molar-refractivity contribution in [3.8, 4) is 0 Å². The van der Waals surface area contributed by atoms with Crippen LogP contribution in [0.5, 0.6) is 0 Å². The number of aliphatic hydroxyl groups is 1. The molecule has 2 fully saturated rings. The number of nitrogens with one attached hydrogen (secondary N) is 1. The van der Waals surface area contributed by atoms with Crippen LogP contribution in [0.4, 0.5) is 5.69 Å². The summed E-state index contributed by atoms with van der Waals surface area (Å²) in [5.74, 6) is 0.599. The third kappa shape index (κ3) is 2.76. The molecule has 0 atom stereocenters. The van der Waals surface area contributed by atoms with E-state index in [1.807, 2.05) is 0 Å². The molecular weight excluding hydrogens is 322 g/mol. The largest absolute Gasteiger partial charge is 0.396 e. The second kappa shape index (κ2) is 5.48. The van der Waals surface area contributed by atoms with Gasteiger partial charge in [-0.05, 0) is 47.5 Å². The molecule has 2 aliphatic carbocycles. The molecule has 0 aliphatic heterocycles. The van der Waals surface area contributed by atoms with E-state index in [9.17, 15) is 9.90 Å². The number of hydrogen-bond acceptors (Lipinski definition) is 4. The van der Waals surface area contributed by atoms with Gasteiger partial charge in [-0.1, -0.05) is 6.42 Å². The molecule has 0 spiro atoms. The Kier molecular flexibility index (Phi) is 3.86. The van der Waals surface area contributed by atoms with Crippen molar-refractivity contribution in [2.45, 2.75) is 38.6 Å². The molecule has 5 nitrogen and oxygen atoms in total. The molecule has 0 unspecified atom stereocenters. The van der Waals surface area contributed by atoms with E-state index in [4.69, 9.17) is 0 Å². The van der Waals surface area contributed by atoms with Crippen molar-refractivity contribution in [2.24, 2.45) is 11.3 Å². The van der Waals surface area contributed by atoms with E-state index in [1.165, 1.54) is 19.3 Å². The predicted octanol–water partition coefficient (Wildman–Crippen LogP) is 1.99. The maximum absolute atomic E-state index is 12.4. The fourth-order valence-corrected chi connectivity index (χ4v) is 2.92. The van der Waals surface area contributed by atoms with E-state index in [2.05, 4.69) is 26.3 Å². The van der Waals surface area contributed by atoms with Gasteiger partial charge in [0.25, 0.3) is 5.56 Å². The molecule has 2 saturated carbocycles. The zero-order valence-corrected chi connectivity index (χ0v) is 13.0. The molecule has 3 rings (SSSR count). The van der Waals surface area contributed by atoms with Gasteiger partial charge >= 0.3 is 0 Å². The quantitative estimate of drug-likeness (QED) is 0.830. The van der Waals surface area contributed by atoms with Crippen LogP contribution in [-0.4, -0.2) is 28.0 Å². The molecule has 110 valence electrons. The monoisotopic (exact) mass is 341 g/mol. The van der Waals surface area contributed by atoms with Crippen molar-refractivity contribution in [3.63, 3.8) is 0 Å². The highest BCUT2D eigenvalue weighted by Gasteiger charge is 2.41. The minimum absolute atomic E-state index is 0.0199. The van der Waals surface area contributed by atoms with Gasteiger partial charge < -0.3 is 10.4 Å². The normalized spacial score (nSPS) is 20.5. The number of anilines is 1. The summed E-state index contributed by atoms with van der Waals surface area (Å²) >= 11 is 3.39. The van der Waals surface area contributed by atoms with Gasteiger partial charge in [0.2, 0.25) is 0 Å². The van der Waals surface area contributed by atoms with Crippen LogP contribution in [0, 0.1) is 11.3 Å². The van der Waals surface area contributed by atoms with E-state index in [0.717, 1.165) is 12.8 Å². The van der Waals surface area contributed by atoms with Crippen molar-refractivity contribution in [3.05, 3.63) is 21.0 Å². The Morgan fingerprint density at radius 3 is 2.80 bits per heavy atom. The third-order valence-corrected chi connectivity index (χ3v) is 5.19. The van der Waals surface area contributed by atoms with E-state index in [1.54, 1.807) is 10.9 Å². The fourth-order valence-electron chi connectivity index (χ4n) is 2.52. The van der Waals surface area contributed by atoms with Gasteiger partial charge in [0.05, 0.1) is 17.3 Å². The third-order valence-electron chi connectivity index (χ3n) is 4.59. The van der Waals surface area contributed by atoms with E-state index >= 15 is 0 Å². The highest BCUT2D eigenvalue weighted by Crippen LogP contribution is 2.45. The number of rotatable bonds is 6. The lowest BCUT2D eigenvalue weighted by atomic mass is 9.85. The summed E-state index contributed by atoms with van der Waals surface area (Å²) in [7, 11) is 0. The average molecular weight is 342 g/mol. The van der Waals surface area contributed by atoms with E-state index in [0.29, 0.717) is 29.2 Å². The summed E-state index contributed by atoms with van der Waals surface area (Å²) in [6.45, 7) is 1.54. The van der Waals surface area contributed by atoms with Crippen LogP contribution in [-0.2, 0) is 6.54 Å². The molecule has 1 aromatic heterocycles. The first kappa shape index (κ1) is 14.1. The standard InChI is InChI=1S/C14H20BrN3O2/c15-11-6-17-18(7-10-2-1-3-10)13(20)12(11)16-8-14(9-19)4-5-14/h6,10,16,19H,1-5,7-9H2. The number of nitrogens with zero attached hydrogens (tertiary/aromatic N) is 2. The Labute approximate surface area is 126 Å². The van der Waals surface area contributed by atoms with Crippen molar-refractivity contribution in [1.29, 1.82) is 0 Å². The van der Waals surface area contributed by atoms with Gasteiger partial charge in [0.1, 0.15) is 5.69 Å². The lowest BCUT2D eigenvalue weighted by Crippen LogP contribution is -2.32. The highest BCUT2D eigenvalue weighted by molar-refractivity contribution is 9.10. The van der Waals surface area contributed by atoms with Crippen molar-refractivity contribution in [2.75, 3.05) is 18.5 Å². The number of halogens is 1. The number of aliphatic hydroxyl groups excluding tert-OH is 1. The lowest BCUT2D eigenvalue weighted by Gasteiger charge is -2.25. The topological polar surface area (TPSA) is 67.2 Å².